The van der Waals surface area contributed by atoms with E-state index < -0.39 is 5.92 Å². The topological polar surface area (TPSA) is 95.4 Å². The summed E-state index contributed by atoms with van der Waals surface area (Å²) in [7, 11) is 1.83. The monoisotopic (exact) mass is 313 g/mol. The number of hydrogen-bond donors (Lipinski definition) is 1. The Morgan fingerprint density at radius 3 is 2.68 bits per heavy atom. The third-order valence-electron chi connectivity index (χ3n) is 3.09. The maximum Gasteiger partial charge on any atom is 0.191 e. The summed E-state index contributed by atoms with van der Waals surface area (Å²) in [5.41, 5.74) is 1.01. The van der Waals surface area contributed by atoms with Crippen molar-refractivity contribution in [2.24, 2.45) is 13.0 Å². The molecule has 112 valence electrons. The molecule has 1 heterocycles. The van der Waals surface area contributed by atoms with Gasteiger partial charge in [-0.25, -0.2) is 0 Å². The molecule has 22 heavy (non-hydrogen) atoms. The van der Waals surface area contributed by atoms with Gasteiger partial charge in [-0.3, -0.25) is 4.79 Å². The molecule has 0 spiro atoms. The third-order valence-corrected chi connectivity index (χ3v) is 4.14. The zero-order valence-electron chi connectivity index (χ0n) is 12.3. The fourth-order valence-electron chi connectivity index (χ4n) is 1.91. The lowest BCUT2D eigenvalue weighted by Gasteiger charge is -2.06. The Kier molecular flexibility index (Phi) is 5.07. The van der Waals surface area contributed by atoms with Gasteiger partial charge in [-0.05, 0) is 6.92 Å². The smallest absolute Gasteiger partial charge is 0.191 e. The molecular formula is C15H15N5OS. The number of rotatable bonds is 6. The Balaban J connectivity index is 2.10. The van der Waals surface area contributed by atoms with Gasteiger partial charge in [-0.15, -0.1) is 10.2 Å². The van der Waals surface area contributed by atoms with Crippen LogP contribution in [-0.4, -0.2) is 32.0 Å². The van der Waals surface area contributed by atoms with Crippen LogP contribution in [0.4, 0.5) is 0 Å². The molecule has 6 nitrogen and oxygen atoms in total. The van der Waals surface area contributed by atoms with Crippen molar-refractivity contribution < 1.29 is 4.79 Å². The molecule has 0 amide bonds. The number of ketones is 1. The second kappa shape index (κ2) is 7.00. The summed E-state index contributed by atoms with van der Waals surface area (Å²) >= 11 is 1.22. The van der Waals surface area contributed by atoms with Crippen molar-refractivity contribution in [3.8, 4) is 17.5 Å². The second-order valence-electron chi connectivity index (χ2n) is 4.73. The van der Waals surface area contributed by atoms with E-state index in [2.05, 4.69) is 10.2 Å². The van der Waals surface area contributed by atoms with E-state index in [9.17, 15) is 4.79 Å². The molecule has 2 aromatic rings. The van der Waals surface area contributed by atoms with Crippen LogP contribution >= 0.6 is 11.8 Å². The standard InChI is InChI=1S/C15H15N5OS/c1-10(17)12(8-16)13(21)9-22-15-19-18-14(20(15)2)11-6-4-3-5-7-11/h3-7,12,17H,9H2,1-2H3. The predicted octanol–water partition coefficient (Wildman–Crippen LogP) is 2.32. The normalized spacial score (nSPS) is 11.7. The molecule has 7 heteroatoms. The summed E-state index contributed by atoms with van der Waals surface area (Å²) in [5.74, 6) is -0.455. The molecule has 0 saturated carbocycles. The number of carbonyl (C=O) groups is 1. The fourth-order valence-corrected chi connectivity index (χ4v) is 2.73. The van der Waals surface area contributed by atoms with Crippen LogP contribution in [0.3, 0.4) is 0 Å². The Hall–Kier alpha value is -2.46. The van der Waals surface area contributed by atoms with E-state index >= 15 is 0 Å². The van der Waals surface area contributed by atoms with E-state index in [0.29, 0.717) is 5.16 Å². The number of nitriles is 1. The van der Waals surface area contributed by atoms with Gasteiger partial charge in [-0.2, -0.15) is 5.26 Å². The average molecular weight is 313 g/mol. The summed E-state index contributed by atoms with van der Waals surface area (Å²) in [6.45, 7) is 1.46. The zero-order chi connectivity index (χ0) is 16.1. The molecule has 0 aliphatic heterocycles. The van der Waals surface area contributed by atoms with Gasteiger partial charge in [0.05, 0.1) is 11.8 Å². The minimum atomic E-state index is -0.977. The zero-order valence-corrected chi connectivity index (χ0v) is 13.1. The number of Topliss-reactive ketones (excluding diaryl/α,β-unsaturated/α-hetero) is 1. The van der Waals surface area contributed by atoms with Gasteiger partial charge >= 0.3 is 0 Å². The SMILES string of the molecule is CC(=N)C(C#N)C(=O)CSc1nnc(-c2ccccc2)n1C. The maximum atomic E-state index is 11.9. The number of thioether (sulfide) groups is 1. The molecule has 1 N–H and O–H groups in total. The van der Waals surface area contributed by atoms with E-state index in [4.69, 9.17) is 10.7 Å². The molecule has 0 radical (unpaired) electrons. The highest BCUT2D eigenvalue weighted by Crippen LogP contribution is 2.23. The van der Waals surface area contributed by atoms with Crippen LogP contribution in [0.15, 0.2) is 35.5 Å². The third kappa shape index (κ3) is 3.40. The fraction of sp³-hybridized carbons (Fsp3) is 0.267. The predicted molar refractivity (Wildman–Crippen MR) is 84.7 cm³/mol. The van der Waals surface area contributed by atoms with Crippen LogP contribution in [0, 0.1) is 22.7 Å². The van der Waals surface area contributed by atoms with Gasteiger partial charge in [0.15, 0.2) is 16.8 Å². The summed E-state index contributed by atoms with van der Waals surface area (Å²) in [6, 6.07) is 11.5. The minimum Gasteiger partial charge on any atom is -0.308 e. The average Bonchev–Trinajstić information content (AvgIpc) is 2.87. The van der Waals surface area contributed by atoms with E-state index in [1.54, 1.807) is 0 Å². The Bertz CT molecular complexity index is 732. The molecule has 1 aromatic carbocycles. The summed E-state index contributed by atoms with van der Waals surface area (Å²) in [5, 5.41) is 25.2. The van der Waals surface area contributed by atoms with Gasteiger partial charge in [0.25, 0.3) is 0 Å². The molecule has 0 fully saturated rings. The van der Waals surface area contributed by atoms with Crippen LogP contribution in [0.1, 0.15) is 6.92 Å². The Morgan fingerprint density at radius 1 is 1.41 bits per heavy atom. The number of nitrogens with zero attached hydrogens (tertiary/aromatic N) is 4. The summed E-state index contributed by atoms with van der Waals surface area (Å²) < 4.78 is 1.81. The van der Waals surface area contributed by atoms with E-state index in [0.717, 1.165) is 11.4 Å². The van der Waals surface area contributed by atoms with Crippen molar-refractivity contribution in [3.63, 3.8) is 0 Å². The molecule has 0 bridgehead atoms. The molecule has 0 aliphatic carbocycles. The van der Waals surface area contributed by atoms with Gasteiger partial charge in [-0.1, -0.05) is 42.1 Å². The highest BCUT2D eigenvalue weighted by atomic mass is 32.2. The molecule has 0 saturated heterocycles. The van der Waals surface area contributed by atoms with Crippen LogP contribution in [-0.2, 0) is 11.8 Å². The lowest BCUT2D eigenvalue weighted by molar-refractivity contribution is -0.117. The number of aromatic nitrogens is 3. The maximum absolute atomic E-state index is 11.9. The first-order valence-corrected chi connectivity index (χ1v) is 7.58. The lowest BCUT2D eigenvalue weighted by Crippen LogP contribution is -2.21. The van der Waals surface area contributed by atoms with E-state index in [1.807, 2.05) is 48.0 Å². The van der Waals surface area contributed by atoms with Crippen molar-refractivity contribution >= 4 is 23.3 Å². The summed E-state index contributed by atoms with van der Waals surface area (Å²) in [4.78, 5) is 11.9. The molecule has 2 rings (SSSR count). The first-order valence-electron chi connectivity index (χ1n) is 6.59. The first-order chi connectivity index (χ1) is 10.5. The number of carbonyl (C=O) groups excluding carboxylic acids is 1. The van der Waals surface area contributed by atoms with Gasteiger partial charge in [0, 0.05) is 18.3 Å². The van der Waals surface area contributed by atoms with Crippen molar-refractivity contribution in [3.05, 3.63) is 30.3 Å². The van der Waals surface area contributed by atoms with Crippen LogP contribution < -0.4 is 0 Å². The second-order valence-corrected chi connectivity index (χ2v) is 5.67. The Labute approximate surface area is 132 Å². The number of nitrogens with one attached hydrogen (secondary N) is 1. The molecule has 0 aliphatic rings. The van der Waals surface area contributed by atoms with Gasteiger partial charge in [0.1, 0.15) is 5.92 Å². The lowest BCUT2D eigenvalue weighted by atomic mass is 10.0. The van der Waals surface area contributed by atoms with E-state index in [-0.39, 0.29) is 17.2 Å². The van der Waals surface area contributed by atoms with E-state index in [1.165, 1.54) is 18.7 Å². The van der Waals surface area contributed by atoms with Crippen LogP contribution in [0.2, 0.25) is 0 Å². The Morgan fingerprint density at radius 2 is 2.09 bits per heavy atom. The highest BCUT2D eigenvalue weighted by molar-refractivity contribution is 7.99. The van der Waals surface area contributed by atoms with Crippen molar-refractivity contribution in [2.45, 2.75) is 12.1 Å². The quantitative estimate of drug-likeness (QED) is 0.652. The first kappa shape index (κ1) is 15.9. The minimum absolute atomic E-state index is 0.0658. The molecule has 1 atom stereocenters. The van der Waals surface area contributed by atoms with Gasteiger partial charge in [0.2, 0.25) is 0 Å². The van der Waals surface area contributed by atoms with Crippen molar-refractivity contribution in [1.82, 2.24) is 14.8 Å². The van der Waals surface area contributed by atoms with Crippen molar-refractivity contribution in [1.29, 1.82) is 10.7 Å². The largest absolute Gasteiger partial charge is 0.308 e. The molecular weight excluding hydrogens is 298 g/mol. The molecule has 1 unspecified atom stereocenters. The van der Waals surface area contributed by atoms with Crippen molar-refractivity contribution in [2.75, 3.05) is 5.75 Å². The van der Waals surface area contributed by atoms with Gasteiger partial charge < -0.3 is 9.98 Å². The number of benzene rings is 1. The van der Waals surface area contributed by atoms with Crippen LogP contribution in [0.25, 0.3) is 11.4 Å². The number of hydrogen-bond acceptors (Lipinski definition) is 6. The van der Waals surface area contributed by atoms with Crippen LogP contribution in [0.5, 0.6) is 0 Å². The highest BCUT2D eigenvalue weighted by Gasteiger charge is 2.21. The summed E-state index contributed by atoms with van der Waals surface area (Å²) in [6.07, 6.45) is 0. The molecule has 1 aromatic heterocycles.